The van der Waals surface area contributed by atoms with E-state index in [4.69, 9.17) is 0 Å². The summed E-state index contributed by atoms with van der Waals surface area (Å²) in [6.45, 7) is 4.07. The second-order valence-electron chi connectivity index (χ2n) is 6.88. The van der Waals surface area contributed by atoms with Crippen molar-refractivity contribution in [2.45, 2.75) is 26.3 Å². The highest BCUT2D eigenvalue weighted by molar-refractivity contribution is 6.20. The maximum Gasteiger partial charge on any atom is 0.330 e. The van der Waals surface area contributed by atoms with E-state index < -0.39 is 29.3 Å². The Hall–Kier alpha value is -3.23. The Morgan fingerprint density at radius 2 is 2.00 bits per heavy atom. The topological polar surface area (TPSA) is 104 Å². The molecule has 140 valence electrons. The van der Waals surface area contributed by atoms with Crippen LogP contribution >= 0.6 is 0 Å². The van der Waals surface area contributed by atoms with E-state index in [0.29, 0.717) is 23.6 Å². The zero-order chi connectivity index (χ0) is 19.5. The molecule has 0 radical (unpaired) electrons. The summed E-state index contributed by atoms with van der Waals surface area (Å²) < 4.78 is 1.40. The number of hydrogen-bond donors (Lipinski definition) is 1. The van der Waals surface area contributed by atoms with Gasteiger partial charge in [0.2, 0.25) is 11.8 Å². The van der Waals surface area contributed by atoms with Crippen molar-refractivity contribution in [2.24, 2.45) is 5.41 Å². The lowest BCUT2D eigenvalue weighted by Gasteiger charge is -2.49. The average molecular weight is 369 g/mol. The molecule has 0 bridgehead atoms. The van der Waals surface area contributed by atoms with Crippen molar-refractivity contribution in [1.82, 2.24) is 19.6 Å². The number of aromatic nitrogens is 2. The van der Waals surface area contributed by atoms with Gasteiger partial charge in [0.05, 0.1) is 11.6 Å². The fourth-order valence-corrected chi connectivity index (χ4v) is 4.11. The molecule has 4 rings (SSSR count). The van der Waals surface area contributed by atoms with E-state index in [1.807, 2.05) is 6.92 Å². The molecule has 0 aliphatic carbocycles. The quantitative estimate of drug-likeness (QED) is 0.718. The van der Waals surface area contributed by atoms with Crippen LogP contribution in [-0.4, -0.2) is 51.8 Å². The third-order valence-corrected chi connectivity index (χ3v) is 5.67. The molecule has 1 N–H and O–H groups in total. The molecule has 0 aromatic carbocycles. The van der Waals surface area contributed by atoms with E-state index in [9.17, 15) is 19.2 Å². The highest BCUT2D eigenvalue weighted by Gasteiger charge is 2.60. The van der Waals surface area contributed by atoms with Gasteiger partial charge in [0, 0.05) is 26.2 Å². The molecular formula is C18H19N5O4. The number of urea groups is 1. The third-order valence-electron chi connectivity index (χ3n) is 5.67. The van der Waals surface area contributed by atoms with Crippen molar-refractivity contribution in [1.29, 1.82) is 0 Å². The minimum Gasteiger partial charge on any atom is -0.352 e. The summed E-state index contributed by atoms with van der Waals surface area (Å²) in [5.74, 6) is -0.804. The molecule has 9 heteroatoms. The summed E-state index contributed by atoms with van der Waals surface area (Å²) >= 11 is 0. The van der Waals surface area contributed by atoms with Crippen LogP contribution in [0.2, 0.25) is 0 Å². The van der Waals surface area contributed by atoms with Crippen molar-refractivity contribution < 1.29 is 14.4 Å². The molecule has 2 aromatic rings. The van der Waals surface area contributed by atoms with Crippen molar-refractivity contribution in [3.63, 3.8) is 0 Å². The third kappa shape index (κ3) is 2.08. The van der Waals surface area contributed by atoms with Crippen molar-refractivity contribution in [3.05, 3.63) is 40.3 Å². The molecule has 2 aliphatic heterocycles. The molecule has 2 atom stereocenters. The molecule has 1 saturated heterocycles. The summed E-state index contributed by atoms with van der Waals surface area (Å²) in [7, 11) is 1.33. The lowest BCUT2D eigenvalue weighted by atomic mass is 9.70. The highest BCUT2D eigenvalue weighted by atomic mass is 16.2. The molecule has 4 heterocycles. The normalized spacial score (nSPS) is 25.1. The Balaban J connectivity index is 2.00. The summed E-state index contributed by atoms with van der Waals surface area (Å²) in [6.07, 6.45) is 1.50. The van der Waals surface area contributed by atoms with E-state index in [1.54, 1.807) is 36.2 Å². The first-order valence-corrected chi connectivity index (χ1v) is 8.73. The fraction of sp³-hybridized carbons (Fsp3) is 0.389. The van der Waals surface area contributed by atoms with Crippen molar-refractivity contribution in [2.75, 3.05) is 18.5 Å². The molecule has 2 aliphatic rings. The summed E-state index contributed by atoms with van der Waals surface area (Å²) in [6, 6.07) is 3.90. The monoisotopic (exact) mass is 369 g/mol. The van der Waals surface area contributed by atoms with E-state index >= 15 is 0 Å². The van der Waals surface area contributed by atoms with E-state index in [0.717, 1.165) is 4.90 Å². The zero-order valence-corrected chi connectivity index (χ0v) is 15.2. The number of rotatable bonds is 1. The molecule has 4 amide bonds. The predicted octanol–water partition coefficient (Wildman–Crippen LogP) is 0.160. The number of amides is 4. The number of carbonyl (C=O) groups excluding carboxylic acids is 3. The number of imide groups is 2. The van der Waals surface area contributed by atoms with Crippen LogP contribution in [0.1, 0.15) is 19.4 Å². The van der Waals surface area contributed by atoms with Crippen LogP contribution in [0.15, 0.2) is 29.2 Å². The Morgan fingerprint density at radius 3 is 2.70 bits per heavy atom. The number of pyridine rings is 1. The fourth-order valence-electron chi connectivity index (χ4n) is 4.11. The Morgan fingerprint density at radius 1 is 1.26 bits per heavy atom. The van der Waals surface area contributed by atoms with Gasteiger partial charge < -0.3 is 4.90 Å². The number of hydrogen-bond acceptors (Lipinski definition) is 6. The smallest absolute Gasteiger partial charge is 0.330 e. The molecule has 1 spiro atoms. The maximum atomic E-state index is 13.1. The average Bonchev–Trinajstić information content (AvgIpc) is 2.66. The first-order valence-electron chi connectivity index (χ1n) is 8.73. The van der Waals surface area contributed by atoms with E-state index in [2.05, 4.69) is 10.3 Å². The number of anilines is 1. The predicted molar refractivity (Wildman–Crippen MR) is 96.4 cm³/mol. The first-order chi connectivity index (χ1) is 12.8. The molecule has 0 saturated carbocycles. The van der Waals surface area contributed by atoms with Gasteiger partial charge in [0.1, 0.15) is 11.5 Å². The van der Waals surface area contributed by atoms with E-state index in [-0.39, 0.29) is 12.0 Å². The largest absolute Gasteiger partial charge is 0.352 e. The molecule has 9 nitrogen and oxygen atoms in total. The minimum atomic E-state index is -1.56. The number of barbiturate groups is 1. The standard InChI is InChI=1S/C18H19N5O4/c1-4-22-10(2)18(15(25)20-17(27)21(3)16(18)26)9-11-13(22)19-12-7-5-6-8-23(12)14(11)24/h5-8,10H,4,9H2,1-3H3,(H,20,25,27)/t10-,18-/m0/s1. The van der Waals surface area contributed by atoms with Gasteiger partial charge in [0.25, 0.3) is 5.56 Å². The van der Waals surface area contributed by atoms with Crippen molar-refractivity contribution in [3.8, 4) is 0 Å². The van der Waals surface area contributed by atoms with Gasteiger partial charge in [0.15, 0.2) is 5.41 Å². The van der Waals surface area contributed by atoms with Gasteiger partial charge in [-0.25, -0.2) is 9.78 Å². The zero-order valence-electron chi connectivity index (χ0n) is 15.2. The van der Waals surface area contributed by atoms with Crippen molar-refractivity contribution >= 4 is 29.3 Å². The maximum absolute atomic E-state index is 13.1. The Kier molecular flexibility index (Phi) is 3.59. The summed E-state index contributed by atoms with van der Waals surface area (Å²) in [5.41, 5.74) is -1.09. The van der Waals surface area contributed by atoms with Gasteiger partial charge in [-0.15, -0.1) is 0 Å². The molecule has 27 heavy (non-hydrogen) atoms. The van der Waals surface area contributed by atoms with Gasteiger partial charge in [-0.2, -0.15) is 0 Å². The van der Waals surface area contributed by atoms with Crippen LogP contribution in [-0.2, 0) is 16.0 Å². The molecule has 2 aromatic heterocycles. The van der Waals surface area contributed by atoms with Gasteiger partial charge >= 0.3 is 6.03 Å². The minimum absolute atomic E-state index is 0.105. The van der Waals surface area contributed by atoms with Crippen LogP contribution in [0.5, 0.6) is 0 Å². The van der Waals surface area contributed by atoms with Crippen LogP contribution in [0.25, 0.3) is 5.65 Å². The van der Waals surface area contributed by atoms with Crippen LogP contribution in [0.4, 0.5) is 10.6 Å². The number of carbonyl (C=O) groups is 3. The lowest BCUT2D eigenvalue weighted by molar-refractivity contribution is -0.152. The summed E-state index contributed by atoms with van der Waals surface area (Å²) in [5, 5.41) is 2.25. The van der Waals surface area contributed by atoms with E-state index in [1.165, 1.54) is 11.4 Å². The molecule has 1 fully saturated rings. The van der Waals surface area contributed by atoms with Crippen LogP contribution < -0.4 is 15.8 Å². The molecular weight excluding hydrogens is 350 g/mol. The summed E-state index contributed by atoms with van der Waals surface area (Å²) in [4.78, 5) is 58.2. The number of fused-ring (bicyclic) bond motifs is 2. The Labute approximate surface area is 154 Å². The Bertz CT molecular complexity index is 1060. The second-order valence-corrected chi connectivity index (χ2v) is 6.88. The highest BCUT2D eigenvalue weighted by Crippen LogP contribution is 2.42. The second kappa shape index (κ2) is 5.63. The lowest BCUT2D eigenvalue weighted by Crippen LogP contribution is -2.71. The number of nitrogens with one attached hydrogen (secondary N) is 1. The SMILES string of the molecule is CCN1c2nc3ccccn3c(=O)c2C[C@@]2(C(=O)NC(=O)N(C)C2=O)[C@@H]1C. The van der Waals surface area contributed by atoms with Crippen LogP contribution in [0, 0.1) is 5.41 Å². The van der Waals surface area contributed by atoms with Gasteiger partial charge in [-0.05, 0) is 26.0 Å². The van der Waals surface area contributed by atoms with Gasteiger partial charge in [-0.3, -0.25) is 29.0 Å². The van der Waals surface area contributed by atoms with Crippen LogP contribution in [0.3, 0.4) is 0 Å². The first kappa shape index (κ1) is 17.2. The number of nitrogens with zero attached hydrogens (tertiary/aromatic N) is 4. The molecule has 0 unspecified atom stereocenters. The van der Waals surface area contributed by atoms with Gasteiger partial charge in [-0.1, -0.05) is 6.07 Å².